The van der Waals surface area contributed by atoms with Crippen LogP contribution in [0.15, 0.2) is 60.7 Å². The lowest BCUT2D eigenvalue weighted by molar-refractivity contribution is -0.153. The van der Waals surface area contributed by atoms with E-state index in [1.807, 2.05) is 60.7 Å². The van der Waals surface area contributed by atoms with Gasteiger partial charge in [-0.1, -0.05) is 91.7 Å². The number of ether oxygens (including phenoxy) is 1. The van der Waals surface area contributed by atoms with Gasteiger partial charge in [-0.2, -0.15) is 0 Å². The number of hydrogen-bond donors (Lipinski definition) is 2. The van der Waals surface area contributed by atoms with Crippen LogP contribution < -0.4 is 5.73 Å². The molecule has 3 N–H and O–H groups in total. The van der Waals surface area contributed by atoms with Crippen molar-refractivity contribution >= 4 is 28.8 Å². The third-order valence-corrected chi connectivity index (χ3v) is 6.50. The van der Waals surface area contributed by atoms with E-state index in [0.29, 0.717) is 18.8 Å². The first kappa shape index (κ1) is 26.6. The number of carbonyl (C=O) groups is 3. The molecule has 2 aromatic carbocycles. The molecule has 0 radical (unpaired) electrons. The fraction of sp³-hybridized carbons (Fsp3) is 0.423. The Morgan fingerprint density at radius 1 is 0.970 bits per heavy atom. The Bertz CT molecular complexity index is 882. The van der Waals surface area contributed by atoms with Gasteiger partial charge in [-0.25, -0.2) is 0 Å². The summed E-state index contributed by atoms with van der Waals surface area (Å²) in [5, 5.41) is 8.98. The van der Waals surface area contributed by atoms with E-state index in [4.69, 9.17) is 15.6 Å². The molecule has 0 aromatic heterocycles. The van der Waals surface area contributed by atoms with Crippen molar-refractivity contribution in [3.05, 3.63) is 71.8 Å². The van der Waals surface area contributed by atoms with Gasteiger partial charge in [0.2, 0.25) is 0 Å². The molecule has 7 heteroatoms. The standard InChI is InChI=1S/C14H19NO2.C12H14O3S/c15-14(9-5-2-6-10-14)13(16)17-11-12-7-3-1-4-8-12;1-9(13)16-8-11(12(14)15)7-10-5-3-2-4-6-10/h1,3-4,7-8H,2,5-6,9-11,15H2;2-6,11H,7-8H2,1H3,(H,14,15). The van der Waals surface area contributed by atoms with Gasteiger partial charge in [0.15, 0.2) is 5.12 Å². The Morgan fingerprint density at radius 3 is 2.03 bits per heavy atom. The van der Waals surface area contributed by atoms with Gasteiger partial charge in [-0.3, -0.25) is 14.4 Å². The molecule has 1 aliphatic rings. The quantitative estimate of drug-likeness (QED) is 0.542. The Labute approximate surface area is 199 Å². The number of thioether (sulfide) groups is 1. The Morgan fingerprint density at radius 2 is 1.52 bits per heavy atom. The first-order valence-corrected chi connectivity index (χ1v) is 12.2. The van der Waals surface area contributed by atoms with Crippen LogP contribution in [-0.2, 0) is 32.1 Å². The zero-order valence-corrected chi connectivity index (χ0v) is 19.9. The minimum Gasteiger partial charge on any atom is -0.481 e. The van der Waals surface area contributed by atoms with Crippen molar-refractivity contribution in [3.63, 3.8) is 0 Å². The normalized spacial score (nSPS) is 15.5. The highest BCUT2D eigenvalue weighted by atomic mass is 32.2. The molecule has 2 aromatic rings. The van der Waals surface area contributed by atoms with Crippen molar-refractivity contribution in [1.82, 2.24) is 0 Å². The lowest BCUT2D eigenvalue weighted by Crippen LogP contribution is -2.50. The molecule has 1 aliphatic carbocycles. The van der Waals surface area contributed by atoms with Crippen LogP contribution in [0.4, 0.5) is 0 Å². The summed E-state index contributed by atoms with van der Waals surface area (Å²) in [6, 6.07) is 19.1. The summed E-state index contributed by atoms with van der Waals surface area (Å²) in [7, 11) is 0. The average Bonchev–Trinajstić information content (AvgIpc) is 2.82. The molecule has 1 fully saturated rings. The lowest BCUT2D eigenvalue weighted by atomic mass is 9.83. The molecule has 0 amide bonds. The Balaban J connectivity index is 0.000000234. The second-order valence-corrected chi connectivity index (χ2v) is 9.50. The highest BCUT2D eigenvalue weighted by Crippen LogP contribution is 2.27. The highest BCUT2D eigenvalue weighted by molar-refractivity contribution is 8.13. The second-order valence-electron chi connectivity index (χ2n) is 8.31. The van der Waals surface area contributed by atoms with E-state index >= 15 is 0 Å². The van der Waals surface area contributed by atoms with Gasteiger partial charge in [0.05, 0.1) is 5.92 Å². The van der Waals surface area contributed by atoms with Crippen LogP contribution in [0.25, 0.3) is 0 Å². The predicted molar refractivity (Wildman–Crippen MR) is 131 cm³/mol. The van der Waals surface area contributed by atoms with E-state index in [0.717, 1.165) is 48.6 Å². The maximum Gasteiger partial charge on any atom is 0.326 e. The predicted octanol–water partition coefficient (Wildman–Crippen LogP) is 4.60. The number of hydrogen-bond acceptors (Lipinski definition) is 6. The molecule has 1 unspecified atom stereocenters. The monoisotopic (exact) mass is 471 g/mol. The fourth-order valence-electron chi connectivity index (χ4n) is 3.59. The molecule has 0 aliphatic heterocycles. The lowest BCUT2D eigenvalue weighted by Gasteiger charge is -2.30. The number of carboxylic acids is 1. The van der Waals surface area contributed by atoms with Gasteiger partial charge in [-0.15, -0.1) is 0 Å². The van der Waals surface area contributed by atoms with E-state index in [9.17, 15) is 14.4 Å². The molecule has 0 bridgehead atoms. The van der Waals surface area contributed by atoms with Crippen LogP contribution in [0.2, 0.25) is 0 Å². The van der Waals surface area contributed by atoms with E-state index in [1.54, 1.807) is 0 Å². The van der Waals surface area contributed by atoms with Crippen LogP contribution in [0.1, 0.15) is 50.2 Å². The van der Waals surface area contributed by atoms with Crippen LogP contribution in [0.3, 0.4) is 0 Å². The summed E-state index contributed by atoms with van der Waals surface area (Å²) >= 11 is 1.07. The summed E-state index contributed by atoms with van der Waals surface area (Å²) in [5.41, 5.74) is 7.33. The topological polar surface area (TPSA) is 107 Å². The molecule has 178 valence electrons. The van der Waals surface area contributed by atoms with Crippen LogP contribution in [0.5, 0.6) is 0 Å². The summed E-state index contributed by atoms with van der Waals surface area (Å²) in [6.45, 7) is 1.77. The van der Waals surface area contributed by atoms with Crippen LogP contribution >= 0.6 is 11.8 Å². The van der Waals surface area contributed by atoms with Crippen LogP contribution in [-0.4, -0.2) is 33.5 Å². The number of benzene rings is 2. The SMILES string of the molecule is CC(=O)SCC(Cc1ccccc1)C(=O)O.NC1(C(=O)OCc2ccccc2)CCCCC1. The van der Waals surface area contributed by atoms with Gasteiger partial charge >= 0.3 is 11.9 Å². The fourth-order valence-corrected chi connectivity index (χ4v) is 4.28. The van der Waals surface area contributed by atoms with Gasteiger partial charge < -0.3 is 15.6 Å². The van der Waals surface area contributed by atoms with Crippen molar-refractivity contribution in [1.29, 1.82) is 0 Å². The highest BCUT2D eigenvalue weighted by Gasteiger charge is 2.36. The van der Waals surface area contributed by atoms with E-state index < -0.39 is 17.4 Å². The summed E-state index contributed by atoms with van der Waals surface area (Å²) in [5.74, 6) is -1.27. The molecular weight excluding hydrogens is 438 g/mol. The maximum atomic E-state index is 11.9. The molecule has 0 spiro atoms. The molecule has 33 heavy (non-hydrogen) atoms. The minimum absolute atomic E-state index is 0.0423. The Hall–Kier alpha value is -2.64. The summed E-state index contributed by atoms with van der Waals surface area (Å²) in [4.78, 5) is 33.7. The number of aliphatic carboxylic acids is 1. The molecule has 3 rings (SSSR count). The van der Waals surface area contributed by atoms with Crippen LogP contribution in [0, 0.1) is 5.92 Å². The third-order valence-electron chi connectivity index (χ3n) is 5.53. The number of carboxylic acid groups (broad SMARTS) is 1. The van der Waals surface area contributed by atoms with Crippen molar-refractivity contribution in [2.45, 2.75) is 57.6 Å². The van der Waals surface area contributed by atoms with Gasteiger partial charge in [0.1, 0.15) is 12.1 Å². The van der Waals surface area contributed by atoms with E-state index in [1.165, 1.54) is 13.3 Å². The Kier molecular flexibility index (Phi) is 11.1. The molecule has 0 heterocycles. The minimum atomic E-state index is -0.849. The second kappa shape index (κ2) is 13.8. The zero-order valence-electron chi connectivity index (χ0n) is 19.1. The molecule has 1 saturated carbocycles. The molecular formula is C26H33NO5S. The van der Waals surface area contributed by atoms with Crippen molar-refractivity contribution in [2.75, 3.05) is 5.75 Å². The number of esters is 1. The first-order valence-electron chi connectivity index (χ1n) is 11.2. The van der Waals surface area contributed by atoms with Gasteiger partial charge in [0, 0.05) is 12.7 Å². The smallest absolute Gasteiger partial charge is 0.326 e. The molecule has 6 nitrogen and oxygen atoms in total. The summed E-state index contributed by atoms with van der Waals surface area (Å²) < 4.78 is 5.31. The molecule has 1 atom stereocenters. The van der Waals surface area contributed by atoms with Gasteiger partial charge in [-0.05, 0) is 30.4 Å². The van der Waals surface area contributed by atoms with E-state index in [-0.39, 0.29) is 11.1 Å². The van der Waals surface area contributed by atoms with E-state index in [2.05, 4.69) is 0 Å². The number of nitrogens with two attached hydrogens (primary N) is 1. The van der Waals surface area contributed by atoms with Gasteiger partial charge in [0.25, 0.3) is 0 Å². The third kappa shape index (κ3) is 9.80. The molecule has 0 saturated heterocycles. The zero-order chi connectivity index (χ0) is 24.1. The largest absolute Gasteiger partial charge is 0.481 e. The van der Waals surface area contributed by atoms with Crippen molar-refractivity contribution < 1.29 is 24.2 Å². The van der Waals surface area contributed by atoms with Crippen molar-refractivity contribution in [3.8, 4) is 0 Å². The first-order chi connectivity index (χ1) is 15.8. The van der Waals surface area contributed by atoms with Crippen molar-refractivity contribution in [2.24, 2.45) is 11.7 Å². The summed E-state index contributed by atoms with van der Waals surface area (Å²) in [6.07, 6.45) is 5.19. The number of carbonyl (C=O) groups excluding carboxylic acids is 2. The number of rotatable bonds is 8. The average molecular weight is 472 g/mol. The maximum absolute atomic E-state index is 11.9.